The summed E-state index contributed by atoms with van der Waals surface area (Å²) in [5.74, 6) is 0.0729. The number of pyridine rings is 1. The van der Waals surface area contributed by atoms with Gasteiger partial charge in [0.25, 0.3) is 11.8 Å². The van der Waals surface area contributed by atoms with Gasteiger partial charge < -0.3 is 35.6 Å². The molecule has 2 amide bonds. The summed E-state index contributed by atoms with van der Waals surface area (Å²) in [5, 5.41) is 10.7. The molecule has 8 rings (SSSR count). The van der Waals surface area contributed by atoms with Crippen LogP contribution in [0.3, 0.4) is 0 Å². The largest absolute Gasteiger partial charge is 0.486 e. The van der Waals surface area contributed by atoms with Gasteiger partial charge in [-0.3, -0.25) is 9.59 Å². The van der Waals surface area contributed by atoms with Crippen LogP contribution in [0.1, 0.15) is 77.6 Å². The number of aromatic nitrogens is 6. The fourth-order valence-corrected chi connectivity index (χ4v) is 7.68. The van der Waals surface area contributed by atoms with Crippen LogP contribution in [0.25, 0.3) is 16.9 Å². The third-order valence-corrected chi connectivity index (χ3v) is 11.6. The van der Waals surface area contributed by atoms with Crippen LogP contribution in [0.15, 0.2) is 79.4 Å². The van der Waals surface area contributed by atoms with Gasteiger partial charge in [0.15, 0.2) is 17.2 Å². The Morgan fingerprint density at radius 2 is 1.81 bits per heavy atom. The number of hydrogen-bond donors (Lipinski definition) is 3. The van der Waals surface area contributed by atoms with Gasteiger partial charge in [-0.2, -0.15) is 9.61 Å². The lowest BCUT2D eigenvalue weighted by atomic mass is 10.0. The van der Waals surface area contributed by atoms with Gasteiger partial charge in [0, 0.05) is 67.4 Å². The molecule has 1 saturated heterocycles. The second-order valence-electron chi connectivity index (χ2n) is 16.2. The maximum Gasteiger partial charge on any atom is 0.258 e. The summed E-state index contributed by atoms with van der Waals surface area (Å²) in [6, 6.07) is 12.6. The number of likely N-dealkylation sites (N-methyl/N-ethyl adjacent to an activating group) is 1. The Balaban J connectivity index is 0.843. The smallest absolute Gasteiger partial charge is 0.258 e. The number of nitrogens with one attached hydrogen (secondary N) is 2. The number of piperidine rings is 1. The molecule has 332 valence electrons. The van der Waals surface area contributed by atoms with Gasteiger partial charge in [-0.1, -0.05) is 25.6 Å². The molecule has 0 bridgehead atoms. The highest BCUT2D eigenvalue weighted by molar-refractivity contribution is 6.05. The Morgan fingerprint density at radius 3 is 2.55 bits per heavy atom. The molecule has 0 atom stereocenters. The quantitative estimate of drug-likeness (QED) is 0.0770. The van der Waals surface area contributed by atoms with Crippen molar-refractivity contribution in [1.82, 2.24) is 34.4 Å². The second kappa shape index (κ2) is 19.1. The van der Waals surface area contributed by atoms with Crippen molar-refractivity contribution in [3.8, 4) is 22.9 Å². The zero-order valence-corrected chi connectivity index (χ0v) is 36.2. The van der Waals surface area contributed by atoms with Crippen LogP contribution in [0.4, 0.5) is 31.9 Å². The first kappa shape index (κ1) is 43.5. The third kappa shape index (κ3) is 9.72. The molecule has 1 aliphatic carbocycles. The van der Waals surface area contributed by atoms with Crippen molar-refractivity contribution in [2.45, 2.75) is 64.8 Å². The van der Waals surface area contributed by atoms with Crippen LogP contribution in [0, 0.1) is 18.6 Å². The van der Waals surface area contributed by atoms with Gasteiger partial charge in [0.05, 0.1) is 18.3 Å². The van der Waals surface area contributed by atoms with E-state index in [0.717, 1.165) is 85.2 Å². The minimum atomic E-state index is -0.721. The number of carbonyl (C=O) groups is 2. The number of nitrogens with two attached hydrogens (primary N) is 1. The zero-order chi connectivity index (χ0) is 44.9. The van der Waals surface area contributed by atoms with Gasteiger partial charge in [-0.15, -0.1) is 0 Å². The molecular weight excluding hydrogens is 821 g/mol. The summed E-state index contributed by atoms with van der Waals surface area (Å²) in [7, 11) is 1.59. The minimum absolute atomic E-state index is 0.0155. The summed E-state index contributed by atoms with van der Waals surface area (Å²) in [6.07, 6.45) is 11.2. The first-order chi connectivity index (χ1) is 31.0. The normalized spacial score (nSPS) is 13.7. The van der Waals surface area contributed by atoms with Crippen LogP contribution in [-0.2, 0) is 17.8 Å². The van der Waals surface area contributed by atoms with E-state index in [1.165, 1.54) is 35.8 Å². The maximum atomic E-state index is 15.1. The van der Waals surface area contributed by atoms with E-state index in [4.69, 9.17) is 20.2 Å². The Bertz CT molecular complexity index is 2700. The fraction of sp³-hybridized carbons (Fsp3) is 0.340. The molecule has 1 aliphatic heterocycles. The number of anilines is 4. The summed E-state index contributed by atoms with van der Waals surface area (Å²) in [6.45, 7) is 10.1. The number of benzene rings is 2. The van der Waals surface area contributed by atoms with Crippen molar-refractivity contribution in [3.05, 3.63) is 119 Å². The number of rotatable bonds is 17. The summed E-state index contributed by atoms with van der Waals surface area (Å²) in [5.41, 5.74) is 11.0. The number of halogens is 2. The summed E-state index contributed by atoms with van der Waals surface area (Å²) < 4.78 is 43.7. The molecule has 0 unspecified atom stereocenters. The molecule has 2 fully saturated rings. The van der Waals surface area contributed by atoms with E-state index in [0.29, 0.717) is 23.9 Å². The molecule has 1 saturated carbocycles. The van der Waals surface area contributed by atoms with Crippen LogP contribution < -0.4 is 30.7 Å². The van der Waals surface area contributed by atoms with Crippen molar-refractivity contribution in [2.75, 3.05) is 61.2 Å². The number of hydrogen-bond acceptors (Lipinski definition) is 12. The summed E-state index contributed by atoms with van der Waals surface area (Å²) in [4.78, 5) is 47.9. The maximum absolute atomic E-state index is 15.1. The van der Waals surface area contributed by atoms with Crippen LogP contribution >= 0.6 is 0 Å². The van der Waals surface area contributed by atoms with Crippen molar-refractivity contribution >= 4 is 40.6 Å². The number of ether oxygens (including phenoxy) is 2. The number of aryl methyl sites for hydroxylation is 1. The first-order valence-corrected chi connectivity index (χ1v) is 21.5. The Kier molecular flexibility index (Phi) is 13.0. The second-order valence-corrected chi connectivity index (χ2v) is 16.2. The summed E-state index contributed by atoms with van der Waals surface area (Å²) >= 11 is 0. The predicted molar refractivity (Wildman–Crippen MR) is 241 cm³/mol. The highest BCUT2D eigenvalue weighted by Gasteiger charge is 2.26. The monoisotopic (exact) mass is 871 g/mol. The lowest BCUT2D eigenvalue weighted by Crippen LogP contribution is -2.33. The number of fused-ring (bicyclic) bond motifs is 1. The SMILES string of the molecule is C=C(COc1ccc(CNc2cc(N3CCCCC3)nc3c(CC)cnn23)cn1)C(=O)N(C)CCOc1c(N)ncnc1-c1cc(F)cc(NC(=O)c2ccc(C3CC3)cc2F)c1C. The van der Waals surface area contributed by atoms with E-state index in [-0.39, 0.29) is 65.3 Å². The van der Waals surface area contributed by atoms with E-state index >= 15 is 4.39 Å². The highest BCUT2D eigenvalue weighted by atomic mass is 19.1. The third-order valence-electron chi connectivity index (χ3n) is 11.6. The fourth-order valence-electron chi connectivity index (χ4n) is 7.68. The average molecular weight is 872 g/mol. The lowest BCUT2D eigenvalue weighted by Gasteiger charge is -2.28. The molecule has 2 aromatic carbocycles. The zero-order valence-electron chi connectivity index (χ0n) is 36.2. The molecule has 0 spiro atoms. The molecule has 15 nitrogen and oxygen atoms in total. The molecule has 5 heterocycles. The Morgan fingerprint density at radius 1 is 1.00 bits per heavy atom. The first-order valence-electron chi connectivity index (χ1n) is 21.5. The molecule has 64 heavy (non-hydrogen) atoms. The molecule has 17 heteroatoms. The Labute approximate surface area is 369 Å². The molecule has 6 aromatic rings. The van der Waals surface area contributed by atoms with Crippen molar-refractivity contribution < 1.29 is 27.8 Å². The van der Waals surface area contributed by atoms with E-state index in [1.54, 1.807) is 32.3 Å². The van der Waals surface area contributed by atoms with E-state index in [1.807, 2.05) is 16.8 Å². The van der Waals surface area contributed by atoms with Crippen molar-refractivity contribution in [3.63, 3.8) is 0 Å². The van der Waals surface area contributed by atoms with E-state index in [9.17, 15) is 14.0 Å². The highest BCUT2D eigenvalue weighted by Crippen LogP contribution is 2.41. The molecular formula is C47H51F2N11O4. The predicted octanol–water partition coefficient (Wildman–Crippen LogP) is 7.52. The standard InChI is InChI=1S/C47H51F2N11O4/c1-5-31-25-55-60-39(22-40(57-45(31)60)59-15-7-6-8-16-59)51-23-30-9-14-41(52-24-30)64-26-28(2)47(62)58(4)17-18-63-43-42(53-27-54-44(43)50)36-20-34(48)21-38(29(36)3)56-46(61)35-13-12-33(19-37(35)49)32-10-11-32/h9,12-14,19-22,24-25,27,32,51H,2,5-8,10-11,15-18,23,26H2,1,3-4H3,(H,56,61)(H2,50,53,54). The van der Waals surface area contributed by atoms with Crippen LogP contribution in [-0.4, -0.2) is 86.2 Å². The van der Waals surface area contributed by atoms with Gasteiger partial charge in [0.1, 0.15) is 48.5 Å². The molecule has 4 aromatic heterocycles. The van der Waals surface area contributed by atoms with E-state index in [2.05, 4.69) is 55.2 Å². The van der Waals surface area contributed by atoms with Crippen LogP contribution in [0.5, 0.6) is 11.6 Å². The number of nitrogen functional groups attached to an aromatic ring is 1. The lowest BCUT2D eigenvalue weighted by molar-refractivity contribution is -0.126. The number of amides is 2. The average Bonchev–Trinajstić information content (AvgIpc) is 4.08. The minimum Gasteiger partial charge on any atom is -0.486 e. The van der Waals surface area contributed by atoms with Crippen molar-refractivity contribution in [1.29, 1.82) is 0 Å². The molecule has 4 N–H and O–H groups in total. The van der Waals surface area contributed by atoms with Gasteiger partial charge in [-0.05, 0) is 92.3 Å². The topological polar surface area (TPSA) is 178 Å². The van der Waals surface area contributed by atoms with Gasteiger partial charge >= 0.3 is 0 Å². The number of carbonyl (C=O) groups excluding carboxylic acids is 2. The van der Waals surface area contributed by atoms with Gasteiger partial charge in [0.2, 0.25) is 5.88 Å². The molecule has 2 aliphatic rings. The van der Waals surface area contributed by atoms with E-state index < -0.39 is 17.5 Å². The number of nitrogens with zero attached hydrogens (tertiary/aromatic N) is 8. The van der Waals surface area contributed by atoms with Crippen LogP contribution in [0.2, 0.25) is 0 Å². The Hall–Kier alpha value is -7.17. The molecule has 0 radical (unpaired) electrons. The van der Waals surface area contributed by atoms with Gasteiger partial charge in [-0.25, -0.2) is 28.7 Å². The van der Waals surface area contributed by atoms with Crippen molar-refractivity contribution in [2.24, 2.45) is 0 Å².